The molecule has 144 valence electrons. The zero-order valence-corrected chi connectivity index (χ0v) is 16.6. The van der Waals surface area contributed by atoms with Crippen LogP contribution in [-0.2, 0) is 11.3 Å². The van der Waals surface area contributed by atoms with Crippen molar-refractivity contribution >= 4 is 11.9 Å². The van der Waals surface area contributed by atoms with Gasteiger partial charge in [0.2, 0.25) is 5.91 Å². The summed E-state index contributed by atoms with van der Waals surface area (Å²) in [5, 5.41) is 6.12. The number of amides is 1. The van der Waals surface area contributed by atoms with Crippen LogP contribution in [0.5, 0.6) is 5.75 Å². The van der Waals surface area contributed by atoms with Crippen molar-refractivity contribution in [2.75, 3.05) is 34.3 Å². The van der Waals surface area contributed by atoms with Crippen LogP contribution in [0.1, 0.15) is 36.1 Å². The molecule has 1 amide bonds. The van der Waals surface area contributed by atoms with Gasteiger partial charge in [-0.1, -0.05) is 0 Å². The first kappa shape index (κ1) is 20.0. The molecule has 1 aliphatic heterocycles. The third-order valence-corrected chi connectivity index (χ3v) is 5.04. The molecule has 1 fully saturated rings. The van der Waals surface area contributed by atoms with Gasteiger partial charge in [0.1, 0.15) is 5.75 Å². The van der Waals surface area contributed by atoms with E-state index in [4.69, 9.17) is 4.74 Å². The topological polar surface area (TPSA) is 78.9 Å². The fraction of sp³-hybridized carbons (Fsp3) is 0.632. The van der Waals surface area contributed by atoms with Crippen molar-refractivity contribution in [1.82, 2.24) is 20.5 Å². The normalized spacial score (nSPS) is 15.7. The number of aromatic nitrogens is 1. The average Bonchev–Trinajstić information content (AvgIpc) is 2.65. The Balaban J connectivity index is 1.92. The number of hydrogen-bond donors (Lipinski definition) is 2. The van der Waals surface area contributed by atoms with E-state index < -0.39 is 0 Å². The maximum atomic E-state index is 11.5. The molecule has 2 N–H and O–H groups in total. The Labute approximate surface area is 156 Å². The van der Waals surface area contributed by atoms with Crippen molar-refractivity contribution in [3.63, 3.8) is 0 Å². The standard InChI is InChI=1S/C19H31N5O2/c1-13-11-22-16(14(2)18(13)26-5)12-23-19(21-4)24-8-6-15(7-9-24)10-17(25)20-3/h11,15H,6-10,12H2,1-5H3,(H,20,25)(H,21,23). The van der Waals surface area contributed by atoms with Crippen LogP contribution in [0.25, 0.3) is 0 Å². The molecule has 0 radical (unpaired) electrons. The van der Waals surface area contributed by atoms with Gasteiger partial charge in [0.15, 0.2) is 5.96 Å². The molecule has 26 heavy (non-hydrogen) atoms. The molecule has 0 aliphatic carbocycles. The molecule has 2 heterocycles. The number of aryl methyl sites for hydroxylation is 1. The second-order valence-corrected chi connectivity index (χ2v) is 6.75. The molecule has 0 atom stereocenters. The molecule has 7 heteroatoms. The Kier molecular flexibility index (Phi) is 7.24. The number of rotatable bonds is 5. The average molecular weight is 361 g/mol. The van der Waals surface area contributed by atoms with Crippen molar-refractivity contribution in [1.29, 1.82) is 0 Å². The SMILES string of the molecule is CN=C(NCc1ncc(C)c(OC)c1C)N1CCC(CC(=O)NC)CC1. The quantitative estimate of drug-likeness (QED) is 0.616. The third-order valence-electron chi connectivity index (χ3n) is 5.04. The lowest BCUT2D eigenvalue weighted by Gasteiger charge is -2.34. The van der Waals surface area contributed by atoms with E-state index in [-0.39, 0.29) is 5.91 Å². The first-order valence-electron chi connectivity index (χ1n) is 9.15. The summed E-state index contributed by atoms with van der Waals surface area (Å²) < 4.78 is 5.48. The van der Waals surface area contributed by atoms with Crippen LogP contribution in [0.2, 0.25) is 0 Å². The highest BCUT2D eigenvalue weighted by Gasteiger charge is 2.23. The molecule has 7 nitrogen and oxygen atoms in total. The number of carbonyl (C=O) groups is 1. The van der Waals surface area contributed by atoms with E-state index in [1.165, 1.54) is 0 Å². The number of likely N-dealkylation sites (tertiary alicyclic amines) is 1. The summed E-state index contributed by atoms with van der Waals surface area (Å²) in [4.78, 5) is 22.7. The van der Waals surface area contributed by atoms with Crippen LogP contribution in [-0.4, -0.2) is 56.0 Å². The second kappa shape index (κ2) is 9.40. The number of nitrogens with zero attached hydrogens (tertiary/aromatic N) is 3. The van der Waals surface area contributed by atoms with E-state index in [9.17, 15) is 4.79 Å². The Bertz CT molecular complexity index is 652. The molecule has 1 aromatic rings. The van der Waals surface area contributed by atoms with Gasteiger partial charge < -0.3 is 20.3 Å². The van der Waals surface area contributed by atoms with Crippen molar-refractivity contribution < 1.29 is 9.53 Å². The molecular formula is C19H31N5O2. The molecule has 1 aromatic heterocycles. The predicted octanol–water partition coefficient (Wildman–Crippen LogP) is 1.63. The van der Waals surface area contributed by atoms with Gasteiger partial charge in [0.05, 0.1) is 19.3 Å². The van der Waals surface area contributed by atoms with Gasteiger partial charge in [-0.25, -0.2) is 0 Å². The molecule has 0 unspecified atom stereocenters. The monoisotopic (exact) mass is 361 g/mol. The molecule has 0 bridgehead atoms. The van der Waals surface area contributed by atoms with Gasteiger partial charge in [0.25, 0.3) is 0 Å². The van der Waals surface area contributed by atoms with Gasteiger partial charge in [-0.3, -0.25) is 14.8 Å². The van der Waals surface area contributed by atoms with E-state index in [1.807, 2.05) is 20.0 Å². The fourth-order valence-corrected chi connectivity index (χ4v) is 3.46. The lowest BCUT2D eigenvalue weighted by atomic mass is 9.93. The minimum atomic E-state index is 0.126. The van der Waals surface area contributed by atoms with Gasteiger partial charge in [-0.2, -0.15) is 0 Å². The Morgan fingerprint density at radius 1 is 1.38 bits per heavy atom. The van der Waals surface area contributed by atoms with Gasteiger partial charge in [-0.15, -0.1) is 0 Å². The highest BCUT2D eigenvalue weighted by atomic mass is 16.5. The highest BCUT2D eigenvalue weighted by Crippen LogP contribution is 2.24. The summed E-state index contributed by atoms with van der Waals surface area (Å²) in [5.41, 5.74) is 3.05. The summed E-state index contributed by atoms with van der Waals surface area (Å²) in [6.07, 6.45) is 4.46. The minimum Gasteiger partial charge on any atom is -0.496 e. The highest BCUT2D eigenvalue weighted by molar-refractivity contribution is 5.80. The van der Waals surface area contributed by atoms with Gasteiger partial charge in [-0.05, 0) is 32.6 Å². The molecule has 0 spiro atoms. The molecule has 1 aliphatic rings. The first-order valence-corrected chi connectivity index (χ1v) is 9.15. The van der Waals surface area contributed by atoms with Crippen LogP contribution in [0.4, 0.5) is 0 Å². The summed E-state index contributed by atoms with van der Waals surface area (Å²) in [5.74, 6) is 2.35. The van der Waals surface area contributed by atoms with E-state index in [0.29, 0.717) is 18.9 Å². The number of aliphatic imine (C=N–C) groups is 1. The van der Waals surface area contributed by atoms with Crippen LogP contribution in [0.15, 0.2) is 11.2 Å². The molecule has 1 saturated heterocycles. The van der Waals surface area contributed by atoms with Crippen LogP contribution >= 0.6 is 0 Å². The van der Waals surface area contributed by atoms with Crippen molar-refractivity contribution in [3.05, 3.63) is 23.0 Å². The molecule has 0 saturated carbocycles. The Hall–Kier alpha value is -2.31. The number of methoxy groups -OCH3 is 1. The molecule has 2 rings (SSSR count). The summed E-state index contributed by atoms with van der Waals surface area (Å²) in [6.45, 7) is 6.45. The fourth-order valence-electron chi connectivity index (χ4n) is 3.46. The van der Waals surface area contributed by atoms with E-state index >= 15 is 0 Å². The Morgan fingerprint density at radius 2 is 2.08 bits per heavy atom. The summed E-state index contributed by atoms with van der Waals surface area (Å²) >= 11 is 0. The number of piperidine rings is 1. The first-order chi connectivity index (χ1) is 12.5. The lowest BCUT2D eigenvalue weighted by molar-refractivity contribution is -0.121. The number of guanidine groups is 1. The predicted molar refractivity (Wildman–Crippen MR) is 103 cm³/mol. The van der Waals surface area contributed by atoms with Crippen molar-refractivity contribution in [2.24, 2.45) is 10.9 Å². The zero-order chi connectivity index (χ0) is 19.1. The molecule has 0 aromatic carbocycles. The van der Waals surface area contributed by atoms with E-state index in [2.05, 4.69) is 25.5 Å². The number of hydrogen-bond acceptors (Lipinski definition) is 4. The number of carbonyl (C=O) groups excluding carboxylic acids is 1. The van der Waals surface area contributed by atoms with Crippen LogP contribution in [0.3, 0.4) is 0 Å². The molecular weight excluding hydrogens is 330 g/mol. The van der Waals surface area contributed by atoms with Crippen molar-refractivity contribution in [3.8, 4) is 5.75 Å². The van der Waals surface area contributed by atoms with E-state index in [1.54, 1.807) is 21.2 Å². The maximum Gasteiger partial charge on any atom is 0.220 e. The smallest absolute Gasteiger partial charge is 0.220 e. The van der Waals surface area contributed by atoms with Crippen LogP contribution < -0.4 is 15.4 Å². The number of pyridine rings is 1. The number of ether oxygens (including phenoxy) is 1. The van der Waals surface area contributed by atoms with E-state index in [0.717, 1.165) is 54.5 Å². The largest absolute Gasteiger partial charge is 0.496 e. The third kappa shape index (κ3) is 4.86. The Morgan fingerprint density at radius 3 is 2.65 bits per heavy atom. The summed E-state index contributed by atoms with van der Waals surface area (Å²) in [6, 6.07) is 0. The van der Waals surface area contributed by atoms with Crippen LogP contribution in [0, 0.1) is 19.8 Å². The summed E-state index contributed by atoms with van der Waals surface area (Å²) in [7, 11) is 5.18. The minimum absolute atomic E-state index is 0.126. The number of nitrogens with one attached hydrogen (secondary N) is 2. The lowest BCUT2D eigenvalue weighted by Crippen LogP contribution is -2.45. The second-order valence-electron chi connectivity index (χ2n) is 6.75. The zero-order valence-electron chi connectivity index (χ0n) is 16.6. The van der Waals surface area contributed by atoms with Crippen molar-refractivity contribution in [2.45, 2.75) is 39.7 Å². The van der Waals surface area contributed by atoms with Gasteiger partial charge in [0, 0.05) is 50.9 Å². The van der Waals surface area contributed by atoms with Gasteiger partial charge >= 0.3 is 0 Å². The maximum absolute atomic E-state index is 11.5.